The Morgan fingerprint density at radius 1 is 1.09 bits per heavy atom. The van der Waals surface area contributed by atoms with Crippen molar-refractivity contribution in [3.8, 4) is 5.75 Å². The van der Waals surface area contributed by atoms with E-state index in [0.717, 1.165) is 11.1 Å². The first-order chi connectivity index (χ1) is 10.7. The molecular weight excluding hydrogens is 316 g/mol. The molecule has 0 radical (unpaired) electrons. The fourth-order valence-electron chi connectivity index (χ4n) is 2.04. The van der Waals surface area contributed by atoms with Crippen LogP contribution in [0.25, 0.3) is 0 Å². The number of benzene rings is 2. The molecule has 122 valence electrons. The van der Waals surface area contributed by atoms with E-state index < -0.39 is 10.0 Å². The Kier molecular flexibility index (Phi) is 4.72. The molecule has 0 atom stereocenters. The largest absolute Gasteiger partial charge is 0.495 e. The summed E-state index contributed by atoms with van der Waals surface area (Å²) in [5, 5.41) is 7.77. The number of primary sulfonamides is 1. The molecule has 0 heterocycles. The molecule has 0 aromatic heterocycles. The smallest absolute Gasteiger partial charge is 0.255 e. The van der Waals surface area contributed by atoms with E-state index in [1.807, 2.05) is 19.9 Å². The second-order valence-corrected chi connectivity index (χ2v) is 6.72. The zero-order valence-corrected chi connectivity index (χ0v) is 13.9. The van der Waals surface area contributed by atoms with E-state index in [-0.39, 0.29) is 16.5 Å². The number of hydrogen-bond donors (Lipinski definition) is 2. The van der Waals surface area contributed by atoms with Gasteiger partial charge in [0.2, 0.25) is 10.0 Å². The average Bonchev–Trinajstić information content (AvgIpc) is 2.49. The summed E-state index contributed by atoms with van der Waals surface area (Å²) in [7, 11) is -2.44. The molecule has 0 aliphatic carbocycles. The number of carbonyl (C=O) groups excluding carboxylic acids is 1. The lowest BCUT2D eigenvalue weighted by Crippen LogP contribution is -2.15. The first-order valence-electron chi connectivity index (χ1n) is 6.82. The zero-order valence-electron chi connectivity index (χ0n) is 13.1. The molecule has 7 heteroatoms. The molecule has 0 aliphatic rings. The fraction of sp³-hybridized carbons (Fsp3) is 0.188. The maximum absolute atomic E-state index is 12.4. The molecule has 0 spiro atoms. The van der Waals surface area contributed by atoms with Gasteiger partial charge in [-0.25, -0.2) is 13.6 Å². The highest BCUT2D eigenvalue weighted by molar-refractivity contribution is 7.89. The van der Waals surface area contributed by atoms with Gasteiger partial charge in [-0.1, -0.05) is 6.07 Å². The quantitative estimate of drug-likeness (QED) is 0.895. The maximum atomic E-state index is 12.4. The summed E-state index contributed by atoms with van der Waals surface area (Å²) in [5.41, 5.74) is 2.77. The van der Waals surface area contributed by atoms with Crippen LogP contribution in [0, 0.1) is 13.8 Å². The number of ether oxygens (including phenoxy) is 1. The van der Waals surface area contributed by atoms with Gasteiger partial charge >= 0.3 is 0 Å². The molecule has 0 aliphatic heterocycles. The normalized spacial score (nSPS) is 11.1. The lowest BCUT2D eigenvalue weighted by Gasteiger charge is -2.12. The Labute approximate surface area is 135 Å². The lowest BCUT2D eigenvalue weighted by molar-refractivity contribution is 0.102. The van der Waals surface area contributed by atoms with Gasteiger partial charge < -0.3 is 10.1 Å². The summed E-state index contributed by atoms with van der Waals surface area (Å²) < 4.78 is 28.0. The summed E-state index contributed by atoms with van der Waals surface area (Å²) in [6, 6.07) is 9.35. The number of sulfonamides is 1. The summed E-state index contributed by atoms with van der Waals surface area (Å²) in [6.45, 7) is 3.87. The van der Waals surface area contributed by atoms with E-state index >= 15 is 0 Å². The number of nitrogens with two attached hydrogens (primary N) is 1. The molecule has 23 heavy (non-hydrogen) atoms. The SMILES string of the molecule is COc1ccc(S(N)(=O)=O)cc1NC(=O)c1ccc(C)c(C)c1. The molecule has 2 aromatic carbocycles. The molecule has 0 saturated heterocycles. The number of aryl methyl sites for hydroxylation is 2. The monoisotopic (exact) mass is 334 g/mol. The predicted octanol–water partition coefficient (Wildman–Crippen LogP) is 2.21. The van der Waals surface area contributed by atoms with Crippen LogP contribution >= 0.6 is 0 Å². The highest BCUT2D eigenvalue weighted by Crippen LogP contribution is 2.27. The Morgan fingerprint density at radius 2 is 1.78 bits per heavy atom. The van der Waals surface area contributed by atoms with Crippen molar-refractivity contribution >= 4 is 21.6 Å². The van der Waals surface area contributed by atoms with Crippen molar-refractivity contribution in [2.75, 3.05) is 12.4 Å². The van der Waals surface area contributed by atoms with Gasteiger partial charge in [0.05, 0.1) is 17.7 Å². The Balaban J connectivity index is 2.37. The number of methoxy groups -OCH3 is 1. The second-order valence-electron chi connectivity index (χ2n) is 5.16. The Hall–Kier alpha value is -2.38. The van der Waals surface area contributed by atoms with Crippen LogP contribution in [-0.4, -0.2) is 21.4 Å². The number of anilines is 1. The first kappa shape index (κ1) is 17.0. The number of amides is 1. The van der Waals surface area contributed by atoms with Crippen LogP contribution in [0.3, 0.4) is 0 Å². The van der Waals surface area contributed by atoms with Crippen LogP contribution in [0.2, 0.25) is 0 Å². The van der Waals surface area contributed by atoms with Gasteiger partial charge in [-0.15, -0.1) is 0 Å². The van der Waals surface area contributed by atoms with E-state index in [9.17, 15) is 13.2 Å². The summed E-state index contributed by atoms with van der Waals surface area (Å²) in [4.78, 5) is 12.3. The van der Waals surface area contributed by atoms with E-state index in [1.54, 1.807) is 12.1 Å². The van der Waals surface area contributed by atoms with Crippen LogP contribution in [0.4, 0.5) is 5.69 Å². The predicted molar refractivity (Wildman–Crippen MR) is 88.2 cm³/mol. The number of nitrogens with one attached hydrogen (secondary N) is 1. The molecule has 0 bridgehead atoms. The van der Waals surface area contributed by atoms with Crippen LogP contribution in [0.1, 0.15) is 21.5 Å². The average molecular weight is 334 g/mol. The molecule has 0 unspecified atom stereocenters. The van der Waals surface area contributed by atoms with E-state index in [0.29, 0.717) is 11.3 Å². The van der Waals surface area contributed by atoms with Crippen molar-refractivity contribution in [3.05, 3.63) is 53.1 Å². The second kappa shape index (κ2) is 6.39. The van der Waals surface area contributed by atoms with Gasteiger partial charge in [-0.2, -0.15) is 0 Å². The van der Waals surface area contributed by atoms with Crippen molar-refractivity contribution in [2.45, 2.75) is 18.7 Å². The third-order valence-corrected chi connectivity index (χ3v) is 4.43. The fourth-order valence-corrected chi connectivity index (χ4v) is 2.58. The zero-order chi connectivity index (χ0) is 17.2. The van der Waals surface area contributed by atoms with Crippen molar-refractivity contribution in [1.29, 1.82) is 0 Å². The highest BCUT2D eigenvalue weighted by Gasteiger charge is 2.15. The van der Waals surface area contributed by atoms with Gasteiger partial charge in [-0.05, 0) is 55.3 Å². The molecule has 2 rings (SSSR count). The Morgan fingerprint density at radius 3 is 2.35 bits per heavy atom. The van der Waals surface area contributed by atoms with Gasteiger partial charge in [0.25, 0.3) is 5.91 Å². The summed E-state index contributed by atoms with van der Waals surface area (Å²) in [5.74, 6) is -0.0208. The summed E-state index contributed by atoms with van der Waals surface area (Å²) >= 11 is 0. The molecule has 2 aromatic rings. The van der Waals surface area contributed by atoms with Crippen molar-refractivity contribution in [1.82, 2.24) is 0 Å². The molecule has 1 amide bonds. The number of hydrogen-bond acceptors (Lipinski definition) is 4. The van der Waals surface area contributed by atoms with E-state index in [1.165, 1.54) is 25.3 Å². The summed E-state index contributed by atoms with van der Waals surface area (Å²) in [6.07, 6.45) is 0. The van der Waals surface area contributed by atoms with E-state index in [4.69, 9.17) is 9.88 Å². The Bertz CT molecular complexity index is 860. The van der Waals surface area contributed by atoms with Crippen molar-refractivity contribution < 1.29 is 17.9 Å². The van der Waals surface area contributed by atoms with Crippen LogP contribution in [0.5, 0.6) is 5.75 Å². The van der Waals surface area contributed by atoms with Crippen molar-refractivity contribution in [2.24, 2.45) is 5.14 Å². The minimum atomic E-state index is -3.87. The highest BCUT2D eigenvalue weighted by atomic mass is 32.2. The van der Waals surface area contributed by atoms with Gasteiger partial charge in [0.1, 0.15) is 5.75 Å². The van der Waals surface area contributed by atoms with Gasteiger partial charge in [0.15, 0.2) is 0 Å². The topological polar surface area (TPSA) is 98.5 Å². The molecule has 3 N–H and O–H groups in total. The third kappa shape index (κ3) is 3.88. The van der Waals surface area contributed by atoms with Crippen LogP contribution < -0.4 is 15.2 Å². The standard InChI is InChI=1S/C16H18N2O4S/c1-10-4-5-12(8-11(10)2)16(19)18-14-9-13(23(17,20)21)6-7-15(14)22-3/h4-9H,1-3H3,(H,18,19)(H2,17,20,21). The molecule has 0 fully saturated rings. The minimum absolute atomic E-state index is 0.103. The minimum Gasteiger partial charge on any atom is -0.495 e. The number of rotatable bonds is 4. The maximum Gasteiger partial charge on any atom is 0.255 e. The number of carbonyl (C=O) groups is 1. The first-order valence-corrected chi connectivity index (χ1v) is 8.36. The van der Waals surface area contributed by atoms with Crippen molar-refractivity contribution in [3.63, 3.8) is 0 Å². The van der Waals surface area contributed by atoms with Crippen LogP contribution in [-0.2, 0) is 10.0 Å². The molecule has 6 nitrogen and oxygen atoms in total. The van der Waals surface area contributed by atoms with Crippen LogP contribution in [0.15, 0.2) is 41.3 Å². The van der Waals surface area contributed by atoms with Gasteiger partial charge in [0, 0.05) is 5.56 Å². The van der Waals surface area contributed by atoms with E-state index in [2.05, 4.69) is 5.32 Å². The molecule has 0 saturated carbocycles. The third-order valence-electron chi connectivity index (χ3n) is 3.52. The lowest BCUT2D eigenvalue weighted by atomic mass is 10.1. The van der Waals surface area contributed by atoms with Gasteiger partial charge in [-0.3, -0.25) is 4.79 Å². The molecular formula is C16H18N2O4S.